The van der Waals surface area contributed by atoms with Gasteiger partial charge in [-0.15, -0.1) is 0 Å². The molecule has 1 aromatic heterocycles. The van der Waals surface area contributed by atoms with E-state index in [4.69, 9.17) is 0 Å². The van der Waals surface area contributed by atoms with Crippen LogP contribution in [0.2, 0.25) is 0 Å². The molecule has 1 N–H and O–H groups in total. The van der Waals surface area contributed by atoms with E-state index in [0.717, 1.165) is 19.4 Å². The predicted octanol–water partition coefficient (Wildman–Crippen LogP) is 1.70. The van der Waals surface area contributed by atoms with Gasteiger partial charge in [-0.2, -0.15) is 4.98 Å². The summed E-state index contributed by atoms with van der Waals surface area (Å²) in [6.07, 6.45) is 3.48. The zero-order valence-corrected chi connectivity index (χ0v) is 16.9. The molecule has 154 valence electrons. The standard InChI is InChI=1S/C21H22N6O3/c1-3-22-21-23-10-13-18(24-21)26-9-5-6-12(26)11-27(19(13)29)15-8-4-7-14-16(15)17(28)20(30)25(14)2/h4,7-8,10,12H,3,5-6,9,11H2,1-2H3,(H,22,23,24)/t12-/m0/s1. The highest BCUT2D eigenvalue weighted by Gasteiger charge is 2.42. The average Bonchev–Trinajstić information content (AvgIpc) is 3.27. The van der Waals surface area contributed by atoms with Crippen LogP contribution in [0.1, 0.15) is 40.5 Å². The highest BCUT2D eigenvalue weighted by atomic mass is 16.2. The van der Waals surface area contributed by atoms with E-state index in [1.807, 2.05) is 6.92 Å². The van der Waals surface area contributed by atoms with Crippen LogP contribution in [-0.4, -0.2) is 60.3 Å². The van der Waals surface area contributed by atoms with Crippen molar-refractivity contribution in [2.75, 3.05) is 46.7 Å². The summed E-state index contributed by atoms with van der Waals surface area (Å²) >= 11 is 0. The quantitative estimate of drug-likeness (QED) is 0.775. The van der Waals surface area contributed by atoms with Gasteiger partial charge in [0.05, 0.1) is 16.9 Å². The Labute approximate surface area is 173 Å². The molecule has 1 fully saturated rings. The fourth-order valence-corrected chi connectivity index (χ4v) is 4.57. The summed E-state index contributed by atoms with van der Waals surface area (Å²) in [7, 11) is 1.57. The Hall–Kier alpha value is -3.49. The Morgan fingerprint density at radius 1 is 1.17 bits per heavy atom. The van der Waals surface area contributed by atoms with E-state index >= 15 is 0 Å². The Morgan fingerprint density at radius 2 is 1.97 bits per heavy atom. The molecule has 4 heterocycles. The summed E-state index contributed by atoms with van der Waals surface area (Å²) in [6, 6.07) is 5.32. The topological polar surface area (TPSA) is 98.7 Å². The normalized spacial score (nSPS) is 20.3. The maximum Gasteiger partial charge on any atom is 0.299 e. The van der Waals surface area contributed by atoms with Crippen LogP contribution in [-0.2, 0) is 4.79 Å². The van der Waals surface area contributed by atoms with Gasteiger partial charge in [0.1, 0.15) is 11.4 Å². The van der Waals surface area contributed by atoms with Gasteiger partial charge in [-0.25, -0.2) is 4.98 Å². The summed E-state index contributed by atoms with van der Waals surface area (Å²) in [5, 5.41) is 3.10. The molecule has 0 radical (unpaired) electrons. The van der Waals surface area contributed by atoms with E-state index in [9.17, 15) is 14.4 Å². The smallest absolute Gasteiger partial charge is 0.299 e. The first kappa shape index (κ1) is 18.5. The van der Waals surface area contributed by atoms with E-state index in [1.54, 1.807) is 36.3 Å². The number of nitrogens with zero attached hydrogens (tertiary/aromatic N) is 5. The van der Waals surface area contributed by atoms with Crippen molar-refractivity contribution in [3.05, 3.63) is 35.5 Å². The second-order valence-corrected chi connectivity index (χ2v) is 7.73. The van der Waals surface area contributed by atoms with E-state index < -0.39 is 11.7 Å². The number of ketones is 1. The molecule has 1 saturated heterocycles. The third-order valence-corrected chi connectivity index (χ3v) is 6.02. The third-order valence-electron chi connectivity index (χ3n) is 6.02. The van der Waals surface area contributed by atoms with Gasteiger partial charge in [0.15, 0.2) is 0 Å². The zero-order chi connectivity index (χ0) is 21.0. The summed E-state index contributed by atoms with van der Waals surface area (Å²) in [4.78, 5) is 52.6. The van der Waals surface area contributed by atoms with Crippen LogP contribution >= 0.6 is 0 Å². The molecule has 1 atom stereocenters. The number of fused-ring (bicyclic) bond motifs is 4. The molecule has 0 unspecified atom stereocenters. The minimum Gasteiger partial charge on any atom is -0.354 e. The molecule has 1 aromatic carbocycles. The molecular weight excluding hydrogens is 384 g/mol. The first-order chi connectivity index (χ1) is 14.5. The molecular formula is C21H22N6O3. The largest absolute Gasteiger partial charge is 0.354 e. The second kappa shape index (κ2) is 6.79. The number of carbonyl (C=O) groups is 3. The number of aromatic nitrogens is 2. The highest BCUT2D eigenvalue weighted by molar-refractivity contribution is 6.53. The van der Waals surface area contributed by atoms with Gasteiger partial charge in [0.2, 0.25) is 5.95 Å². The van der Waals surface area contributed by atoms with Gasteiger partial charge in [-0.05, 0) is 31.9 Å². The lowest BCUT2D eigenvalue weighted by Gasteiger charge is -2.27. The molecule has 3 aliphatic rings. The van der Waals surface area contributed by atoms with E-state index in [2.05, 4.69) is 20.2 Å². The summed E-state index contributed by atoms with van der Waals surface area (Å²) < 4.78 is 0. The highest BCUT2D eigenvalue weighted by Crippen LogP contribution is 2.39. The number of benzene rings is 1. The predicted molar refractivity (Wildman–Crippen MR) is 112 cm³/mol. The number of carbonyl (C=O) groups excluding carboxylic acids is 3. The molecule has 9 nitrogen and oxygen atoms in total. The molecule has 30 heavy (non-hydrogen) atoms. The number of likely N-dealkylation sites (N-methyl/N-ethyl adjacent to an activating group) is 1. The Morgan fingerprint density at radius 3 is 2.77 bits per heavy atom. The third kappa shape index (κ3) is 2.58. The molecule has 3 aliphatic heterocycles. The molecule has 2 aromatic rings. The fourth-order valence-electron chi connectivity index (χ4n) is 4.57. The maximum atomic E-state index is 13.6. The lowest BCUT2D eigenvalue weighted by Crippen LogP contribution is -2.40. The van der Waals surface area contributed by atoms with Crippen LogP contribution < -0.4 is 20.0 Å². The number of hydrogen-bond acceptors (Lipinski definition) is 7. The maximum absolute atomic E-state index is 13.6. The van der Waals surface area contributed by atoms with Gasteiger partial charge >= 0.3 is 0 Å². The Balaban J connectivity index is 1.65. The molecule has 0 bridgehead atoms. The van der Waals surface area contributed by atoms with Gasteiger partial charge in [-0.1, -0.05) is 6.07 Å². The minimum absolute atomic E-state index is 0.0837. The number of hydrogen-bond donors (Lipinski definition) is 1. The number of Topliss-reactive ketones (excluding diaryl/α,β-unsaturated/α-hetero) is 1. The second-order valence-electron chi connectivity index (χ2n) is 7.73. The van der Waals surface area contributed by atoms with Crippen molar-refractivity contribution < 1.29 is 14.4 Å². The molecule has 5 rings (SSSR count). The monoisotopic (exact) mass is 406 g/mol. The minimum atomic E-state index is -0.582. The van der Waals surface area contributed by atoms with Crippen LogP contribution in [0.25, 0.3) is 0 Å². The van der Waals surface area contributed by atoms with Crippen LogP contribution in [0.3, 0.4) is 0 Å². The summed E-state index contributed by atoms with van der Waals surface area (Å²) in [5.74, 6) is -0.302. The van der Waals surface area contributed by atoms with E-state index in [-0.39, 0.29) is 17.5 Å². The zero-order valence-electron chi connectivity index (χ0n) is 16.9. The van der Waals surface area contributed by atoms with Gasteiger partial charge < -0.3 is 20.0 Å². The van der Waals surface area contributed by atoms with Crippen LogP contribution in [0.4, 0.5) is 23.1 Å². The van der Waals surface area contributed by atoms with Crippen molar-refractivity contribution in [2.45, 2.75) is 25.8 Å². The van der Waals surface area contributed by atoms with Crippen LogP contribution in [0, 0.1) is 0 Å². The van der Waals surface area contributed by atoms with Crippen molar-refractivity contribution in [1.29, 1.82) is 0 Å². The van der Waals surface area contributed by atoms with E-state index in [0.29, 0.717) is 41.8 Å². The SMILES string of the molecule is CCNc1ncc2c(n1)N1CCC[C@H]1CN(c1cccc3c1C(=O)C(=O)N3C)C2=O. The van der Waals surface area contributed by atoms with Gasteiger partial charge in [0.25, 0.3) is 17.6 Å². The van der Waals surface area contributed by atoms with Crippen molar-refractivity contribution in [1.82, 2.24) is 9.97 Å². The average molecular weight is 406 g/mol. The van der Waals surface area contributed by atoms with Crippen LogP contribution in [0.15, 0.2) is 24.4 Å². The number of rotatable bonds is 3. The summed E-state index contributed by atoms with van der Waals surface area (Å²) in [6.45, 7) is 3.88. The van der Waals surface area contributed by atoms with Crippen molar-refractivity contribution >= 4 is 40.7 Å². The number of amides is 2. The van der Waals surface area contributed by atoms with Crippen molar-refractivity contribution in [3.8, 4) is 0 Å². The number of nitrogens with one attached hydrogen (secondary N) is 1. The first-order valence-electron chi connectivity index (χ1n) is 10.2. The van der Waals surface area contributed by atoms with Gasteiger partial charge in [0, 0.05) is 38.9 Å². The fraction of sp³-hybridized carbons (Fsp3) is 0.381. The number of anilines is 4. The summed E-state index contributed by atoms with van der Waals surface area (Å²) in [5.41, 5.74) is 1.69. The lowest BCUT2D eigenvalue weighted by molar-refractivity contribution is -0.114. The Kier molecular flexibility index (Phi) is 4.19. The van der Waals surface area contributed by atoms with Gasteiger partial charge in [-0.3, -0.25) is 14.4 Å². The Bertz CT molecular complexity index is 1080. The van der Waals surface area contributed by atoms with E-state index in [1.165, 1.54) is 4.90 Å². The molecule has 9 heteroatoms. The first-order valence-corrected chi connectivity index (χ1v) is 10.2. The molecule has 2 amide bonds. The molecule has 0 aliphatic carbocycles. The van der Waals surface area contributed by atoms with Crippen LogP contribution in [0.5, 0.6) is 0 Å². The molecule has 0 spiro atoms. The lowest BCUT2D eigenvalue weighted by atomic mass is 10.1. The van der Waals surface area contributed by atoms with Crippen molar-refractivity contribution in [2.24, 2.45) is 0 Å². The molecule has 0 saturated carbocycles. The van der Waals surface area contributed by atoms with Crippen molar-refractivity contribution in [3.63, 3.8) is 0 Å².